The van der Waals surface area contributed by atoms with Crippen molar-refractivity contribution in [3.8, 4) is 0 Å². The molecular formula is C17H20FN3OS. The quantitative estimate of drug-likeness (QED) is 0.898. The van der Waals surface area contributed by atoms with E-state index in [2.05, 4.69) is 10.3 Å². The molecule has 0 aliphatic heterocycles. The van der Waals surface area contributed by atoms with E-state index in [4.69, 9.17) is 0 Å². The number of thiazole rings is 1. The van der Waals surface area contributed by atoms with Crippen LogP contribution < -0.4 is 5.32 Å². The maximum absolute atomic E-state index is 13.0. The van der Waals surface area contributed by atoms with Crippen LogP contribution in [0.4, 0.5) is 9.18 Å². The largest absolute Gasteiger partial charge is 0.330 e. The Morgan fingerprint density at radius 2 is 2.13 bits per heavy atom. The molecule has 122 valence electrons. The molecule has 2 amide bonds. The van der Waals surface area contributed by atoms with Gasteiger partial charge in [-0.3, -0.25) is 0 Å². The summed E-state index contributed by atoms with van der Waals surface area (Å²) >= 11 is 1.58. The molecule has 0 unspecified atom stereocenters. The Bertz CT molecular complexity index is 681. The van der Waals surface area contributed by atoms with Gasteiger partial charge in [0.2, 0.25) is 0 Å². The van der Waals surface area contributed by atoms with Gasteiger partial charge in [-0.05, 0) is 44.4 Å². The number of nitrogens with one attached hydrogen (secondary N) is 1. The highest BCUT2D eigenvalue weighted by Gasteiger charge is 2.33. The number of halogens is 1. The van der Waals surface area contributed by atoms with Crippen molar-refractivity contribution >= 4 is 17.4 Å². The van der Waals surface area contributed by atoms with Gasteiger partial charge in [0.1, 0.15) is 5.82 Å². The van der Waals surface area contributed by atoms with Crippen LogP contribution >= 0.6 is 11.3 Å². The van der Waals surface area contributed by atoms with E-state index >= 15 is 0 Å². The van der Waals surface area contributed by atoms with E-state index in [0.29, 0.717) is 6.54 Å². The van der Waals surface area contributed by atoms with Crippen LogP contribution in [0.3, 0.4) is 0 Å². The third-order valence-electron chi connectivity index (χ3n) is 3.94. The van der Waals surface area contributed by atoms with E-state index in [0.717, 1.165) is 29.1 Å². The zero-order valence-electron chi connectivity index (χ0n) is 13.3. The summed E-state index contributed by atoms with van der Waals surface area (Å²) in [5.41, 5.74) is 1.82. The summed E-state index contributed by atoms with van der Waals surface area (Å²) in [5, 5.41) is 5.99. The van der Waals surface area contributed by atoms with Crippen molar-refractivity contribution in [2.75, 3.05) is 0 Å². The first-order valence-corrected chi connectivity index (χ1v) is 8.64. The number of aromatic nitrogens is 1. The number of aryl methyl sites for hydroxylation is 1. The molecule has 1 N–H and O–H groups in total. The SMILES string of the molecule is Cc1nc([C@@H](C)NC(=O)N(Cc2ccc(F)cc2)C2CC2)cs1. The first kappa shape index (κ1) is 15.9. The van der Waals surface area contributed by atoms with Crippen molar-refractivity contribution in [2.24, 2.45) is 0 Å². The summed E-state index contributed by atoms with van der Waals surface area (Å²) in [5.74, 6) is -0.260. The molecule has 1 aliphatic carbocycles. The summed E-state index contributed by atoms with van der Waals surface area (Å²) in [4.78, 5) is 18.9. The number of nitrogens with zero attached hydrogens (tertiary/aromatic N) is 2. The Labute approximate surface area is 139 Å². The summed E-state index contributed by atoms with van der Waals surface area (Å²) in [6, 6.07) is 6.38. The Balaban J connectivity index is 1.65. The topological polar surface area (TPSA) is 45.2 Å². The molecular weight excluding hydrogens is 313 g/mol. The molecule has 1 aliphatic rings. The lowest BCUT2D eigenvalue weighted by molar-refractivity contribution is 0.188. The van der Waals surface area contributed by atoms with Crippen LogP contribution in [0.25, 0.3) is 0 Å². The van der Waals surface area contributed by atoms with Gasteiger partial charge in [0.25, 0.3) is 0 Å². The normalized spacial score (nSPS) is 15.3. The second-order valence-corrected chi connectivity index (χ2v) is 7.01. The van der Waals surface area contributed by atoms with Gasteiger partial charge in [0.15, 0.2) is 0 Å². The van der Waals surface area contributed by atoms with Crippen LogP contribution in [-0.2, 0) is 6.54 Å². The Kier molecular flexibility index (Phi) is 4.61. The number of carbonyl (C=O) groups excluding carboxylic acids is 1. The summed E-state index contributed by atoms with van der Waals surface area (Å²) < 4.78 is 13.0. The fourth-order valence-corrected chi connectivity index (χ4v) is 3.17. The number of amides is 2. The third-order valence-corrected chi connectivity index (χ3v) is 4.73. The van der Waals surface area contributed by atoms with Gasteiger partial charge in [-0.2, -0.15) is 0 Å². The zero-order chi connectivity index (χ0) is 16.4. The van der Waals surface area contributed by atoms with Crippen molar-refractivity contribution in [1.29, 1.82) is 0 Å². The summed E-state index contributed by atoms with van der Waals surface area (Å²) in [6.07, 6.45) is 2.05. The van der Waals surface area contributed by atoms with Crippen LogP contribution in [0.1, 0.15) is 42.1 Å². The van der Waals surface area contributed by atoms with Crippen LogP contribution in [0.5, 0.6) is 0 Å². The highest BCUT2D eigenvalue weighted by molar-refractivity contribution is 7.09. The van der Waals surface area contributed by atoms with Crippen molar-refractivity contribution in [1.82, 2.24) is 15.2 Å². The average molecular weight is 333 g/mol. The van der Waals surface area contributed by atoms with Gasteiger partial charge in [0, 0.05) is 18.0 Å². The predicted molar refractivity (Wildman–Crippen MR) is 88.8 cm³/mol. The van der Waals surface area contributed by atoms with Gasteiger partial charge >= 0.3 is 6.03 Å². The second kappa shape index (κ2) is 6.66. The minimum absolute atomic E-state index is 0.0880. The fourth-order valence-electron chi connectivity index (χ4n) is 2.46. The predicted octanol–water partition coefficient (Wildman–Crippen LogP) is 4.03. The van der Waals surface area contributed by atoms with Gasteiger partial charge < -0.3 is 10.2 Å². The highest BCUT2D eigenvalue weighted by atomic mass is 32.1. The molecule has 0 bridgehead atoms. The molecule has 6 heteroatoms. The monoisotopic (exact) mass is 333 g/mol. The first-order valence-electron chi connectivity index (χ1n) is 7.76. The maximum atomic E-state index is 13.0. The van der Waals surface area contributed by atoms with E-state index in [1.807, 2.05) is 24.1 Å². The average Bonchev–Trinajstić information content (AvgIpc) is 3.27. The number of benzene rings is 1. The molecule has 4 nitrogen and oxygen atoms in total. The fraction of sp³-hybridized carbons (Fsp3) is 0.412. The van der Waals surface area contributed by atoms with E-state index in [1.54, 1.807) is 23.5 Å². The Morgan fingerprint density at radius 1 is 1.43 bits per heavy atom. The Hall–Kier alpha value is -1.95. The van der Waals surface area contributed by atoms with Crippen LogP contribution in [-0.4, -0.2) is 22.0 Å². The van der Waals surface area contributed by atoms with E-state index in [9.17, 15) is 9.18 Å². The molecule has 1 saturated carbocycles. The number of hydrogen-bond donors (Lipinski definition) is 1. The molecule has 1 heterocycles. The first-order chi connectivity index (χ1) is 11.0. The molecule has 1 aromatic carbocycles. The molecule has 23 heavy (non-hydrogen) atoms. The lowest BCUT2D eigenvalue weighted by Gasteiger charge is -2.25. The number of carbonyl (C=O) groups is 1. The molecule has 1 fully saturated rings. The molecule has 0 radical (unpaired) electrons. The molecule has 0 spiro atoms. The zero-order valence-corrected chi connectivity index (χ0v) is 14.1. The highest BCUT2D eigenvalue weighted by Crippen LogP contribution is 2.29. The molecule has 0 saturated heterocycles. The molecule has 1 aromatic heterocycles. The van der Waals surface area contributed by atoms with Gasteiger partial charge in [-0.25, -0.2) is 14.2 Å². The smallest absolute Gasteiger partial charge is 0.318 e. The molecule has 2 aromatic rings. The van der Waals surface area contributed by atoms with Crippen LogP contribution in [0.2, 0.25) is 0 Å². The van der Waals surface area contributed by atoms with E-state index in [1.165, 1.54) is 12.1 Å². The van der Waals surface area contributed by atoms with E-state index < -0.39 is 0 Å². The second-order valence-electron chi connectivity index (χ2n) is 5.95. The van der Waals surface area contributed by atoms with Crippen molar-refractivity contribution in [3.05, 3.63) is 51.7 Å². The van der Waals surface area contributed by atoms with Crippen molar-refractivity contribution in [3.63, 3.8) is 0 Å². The van der Waals surface area contributed by atoms with Crippen molar-refractivity contribution < 1.29 is 9.18 Å². The lowest BCUT2D eigenvalue weighted by atomic mass is 10.2. The van der Waals surface area contributed by atoms with E-state index in [-0.39, 0.29) is 23.9 Å². The summed E-state index contributed by atoms with van der Waals surface area (Å²) in [6.45, 7) is 4.39. The van der Waals surface area contributed by atoms with Gasteiger partial charge in [-0.15, -0.1) is 11.3 Å². The summed E-state index contributed by atoms with van der Waals surface area (Å²) in [7, 11) is 0. The third kappa shape index (κ3) is 4.07. The van der Waals surface area contributed by atoms with Crippen LogP contribution in [0, 0.1) is 12.7 Å². The van der Waals surface area contributed by atoms with Gasteiger partial charge in [0.05, 0.1) is 16.7 Å². The number of hydrogen-bond acceptors (Lipinski definition) is 3. The minimum Gasteiger partial charge on any atom is -0.330 e. The molecule has 1 atom stereocenters. The number of rotatable bonds is 5. The number of urea groups is 1. The standard InChI is InChI=1S/C17H20FN3OS/c1-11(16-10-23-12(2)20-16)19-17(22)21(15-7-8-15)9-13-3-5-14(18)6-4-13/h3-6,10-11,15H,7-9H2,1-2H3,(H,19,22)/t11-/m1/s1. The molecule has 3 rings (SSSR count). The maximum Gasteiger partial charge on any atom is 0.318 e. The van der Waals surface area contributed by atoms with Crippen LogP contribution in [0.15, 0.2) is 29.6 Å². The minimum atomic E-state index is -0.260. The van der Waals surface area contributed by atoms with Crippen molar-refractivity contribution in [2.45, 2.75) is 45.3 Å². The Morgan fingerprint density at radius 3 is 2.70 bits per heavy atom. The lowest BCUT2D eigenvalue weighted by Crippen LogP contribution is -2.42. The van der Waals surface area contributed by atoms with Gasteiger partial charge in [-0.1, -0.05) is 12.1 Å².